The van der Waals surface area contributed by atoms with Crippen LogP contribution in [0.15, 0.2) is 97.1 Å². The molecule has 0 spiro atoms. The standard InChI is InChI=1S/C33H32N8O5/c42-29(32(44)34-24-14-7-13-23(18-24)30-37-39-40-38-30)27(17-21-9-3-1-4-10-21)36-31(43)25-15-8-16-26(35-25)33(45)41-20-46-19-28(41)22-11-5-2-6-12-22/h1-11,13-16,18,22,27-29,42H,12,17,19-20H2,(H,34,44)(H,36,43)(H,37,38,39,40)/t22-,27+,28?,29+/m1/s1. The molecule has 1 unspecified atom stereocenters. The molecule has 13 nitrogen and oxygen atoms in total. The first-order valence-corrected chi connectivity index (χ1v) is 14.8. The number of pyridine rings is 1. The molecule has 0 radical (unpaired) electrons. The Labute approximate surface area is 264 Å². The number of aromatic amines is 1. The highest BCUT2D eigenvalue weighted by atomic mass is 16.5. The van der Waals surface area contributed by atoms with Gasteiger partial charge in [0.2, 0.25) is 5.82 Å². The van der Waals surface area contributed by atoms with Gasteiger partial charge in [-0.2, -0.15) is 5.21 Å². The molecule has 0 saturated carbocycles. The summed E-state index contributed by atoms with van der Waals surface area (Å²) < 4.78 is 5.63. The fraction of sp³-hybridized carbons (Fsp3) is 0.242. The third kappa shape index (κ3) is 7.06. The van der Waals surface area contributed by atoms with Crippen LogP contribution in [0.1, 0.15) is 33.0 Å². The van der Waals surface area contributed by atoms with Gasteiger partial charge in [0, 0.05) is 17.2 Å². The average molecular weight is 621 g/mol. The second-order valence-corrected chi connectivity index (χ2v) is 11.0. The molecule has 3 heterocycles. The maximum atomic E-state index is 13.5. The molecule has 0 bridgehead atoms. The number of hydrogen-bond acceptors (Lipinski definition) is 9. The zero-order chi connectivity index (χ0) is 31.9. The highest BCUT2D eigenvalue weighted by molar-refractivity contribution is 5.98. The number of aliphatic hydroxyl groups excluding tert-OH is 1. The number of benzene rings is 2. The summed E-state index contributed by atoms with van der Waals surface area (Å²) in [5.74, 6) is -1.25. The minimum absolute atomic E-state index is 0.0264. The first kappa shape index (κ1) is 30.5. The Balaban J connectivity index is 1.17. The van der Waals surface area contributed by atoms with Crippen LogP contribution in [-0.2, 0) is 16.0 Å². The lowest BCUT2D eigenvalue weighted by Gasteiger charge is -2.28. The number of H-pyrrole nitrogens is 1. The quantitative estimate of drug-likeness (QED) is 0.208. The van der Waals surface area contributed by atoms with Crippen molar-refractivity contribution in [2.45, 2.75) is 31.0 Å². The Morgan fingerprint density at radius 1 is 1.02 bits per heavy atom. The van der Waals surface area contributed by atoms with Gasteiger partial charge in [-0.05, 0) is 47.9 Å². The fourth-order valence-corrected chi connectivity index (χ4v) is 5.50. The van der Waals surface area contributed by atoms with Crippen molar-refractivity contribution in [3.8, 4) is 11.4 Å². The number of carbonyl (C=O) groups is 3. The molecular formula is C33H32N8O5. The van der Waals surface area contributed by atoms with E-state index in [0.29, 0.717) is 23.7 Å². The SMILES string of the molecule is O=C(N[C@@H](Cc1ccccc1)[C@H](O)C(=O)Nc1cccc(-c2nn[nH]n2)c1)c1cccc(C(=O)N2COCC2[C@@H]2C=CC=CC2)n1. The minimum Gasteiger partial charge on any atom is -0.381 e. The summed E-state index contributed by atoms with van der Waals surface area (Å²) in [5, 5.41) is 30.5. The van der Waals surface area contributed by atoms with Crippen LogP contribution in [-0.4, -0.2) is 84.9 Å². The van der Waals surface area contributed by atoms with E-state index in [1.165, 1.54) is 6.07 Å². The van der Waals surface area contributed by atoms with Crippen molar-refractivity contribution >= 4 is 23.4 Å². The smallest absolute Gasteiger partial charge is 0.274 e. The van der Waals surface area contributed by atoms with E-state index in [9.17, 15) is 19.5 Å². The van der Waals surface area contributed by atoms with E-state index in [4.69, 9.17) is 4.74 Å². The van der Waals surface area contributed by atoms with Crippen LogP contribution in [0, 0.1) is 5.92 Å². The summed E-state index contributed by atoms with van der Waals surface area (Å²) in [6.07, 6.45) is 7.38. The first-order valence-electron chi connectivity index (χ1n) is 14.8. The van der Waals surface area contributed by atoms with Crippen LogP contribution in [0.4, 0.5) is 5.69 Å². The van der Waals surface area contributed by atoms with Gasteiger partial charge in [-0.25, -0.2) is 4.98 Å². The van der Waals surface area contributed by atoms with E-state index in [1.54, 1.807) is 41.3 Å². The zero-order valence-corrected chi connectivity index (χ0v) is 24.7. The molecule has 234 valence electrons. The number of ether oxygens (including phenoxy) is 1. The Hall–Kier alpha value is -5.53. The molecule has 3 amide bonds. The van der Waals surface area contributed by atoms with Crippen molar-refractivity contribution in [3.63, 3.8) is 0 Å². The highest BCUT2D eigenvalue weighted by Crippen LogP contribution is 2.26. The molecular weight excluding hydrogens is 588 g/mol. The summed E-state index contributed by atoms with van der Waals surface area (Å²) in [6.45, 7) is 0.547. The van der Waals surface area contributed by atoms with Crippen LogP contribution in [0.5, 0.6) is 0 Å². The molecule has 1 aliphatic heterocycles. The van der Waals surface area contributed by atoms with Crippen LogP contribution in [0.25, 0.3) is 11.4 Å². The predicted molar refractivity (Wildman–Crippen MR) is 167 cm³/mol. The number of carbonyl (C=O) groups excluding carboxylic acids is 3. The van der Waals surface area contributed by atoms with E-state index >= 15 is 0 Å². The van der Waals surface area contributed by atoms with Crippen LogP contribution < -0.4 is 10.6 Å². The maximum Gasteiger partial charge on any atom is 0.274 e. The number of amides is 3. The summed E-state index contributed by atoms with van der Waals surface area (Å²) in [6, 6.07) is 19.4. The molecule has 2 aromatic heterocycles. The molecule has 1 saturated heterocycles. The molecule has 6 rings (SSSR count). The number of aliphatic hydroxyl groups is 1. The number of tetrazole rings is 1. The van der Waals surface area contributed by atoms with Crippen molar-refractivity contribution in [2.75, 3.05) is 18.7 Å². The molecule has 1 fully saturated rings. The topological polar surface area (TPSA) is 175 Å². The molecule has 4 atom stereocenters. The number of nitrogens with one attached hydrogen (secondary N) is 3. The number of allylic oxidation sites excluding steroid dienone is 3. The summed E-state index contributed by atoms with van der Waals surface area (Å²) in [5.41, 5.74) is 1.86. The van der Waals surface area contributed by atoms with Crippen LogP contribution in [0.3, 0.4) is 0 Å². The third-order valence-electron chi connectivity index (χ3n) is 7.89. The Morgan fingerprint density at radius 2 is 1.85 bits per heavy atom. The largest absolute Gasteiger partial charge is 0.381 e. The van der Waals surface area contributed by atoms with E-state index in [0.717, 1.165) is 12.0 Å². The van der Waals surface area contributed by atoms with Crippen molar-refractivity contribution in [1.29, 1.82) is 0 Å². The van der Waals surface area contributed by atoms with Gasteiger partial charge in [0.05, 0.1) is 18.7 Å². The minimum atomic E-state index is -1.64. The van der Waals surface area contributed by atoms with Crippen LogP contribution in [0.2, 0.25) is 0 Å². The van der Waals surface area contributed by atoms with E-state index < -0.39 is 24.0 Å². The Kier molecular flexibility index (Phi) is 9.32. The maximum absolute atomic E-state index is 13.5. The van der Waals surface area contributed by atoms with Gasteiger partial charge >= 0.3 is 0 Å². The molecule has 2 aromatic carbocycles. The summed E-state index contributed by atoms with van der Waals surface area (Å²) in [4.78, 5) is 46.3. The van der Waals surface area contributed by atoms with E-state index in [-0.39, 0.29) is 42.4 Å². The molecule has 4 aromatic rings. The first-order chi connectivity index (χ1) is 22.5. The number of rotatable bonds is 10. The van der Waals surface area contributed by atoms with Gasteiger partial charge in [0.15, 0.2) is 6.10 Å². The van der Waals surface area contributed by atoms with Gasteiger partial charge in [-0.15, -0.1) is 10.2 Å². The number of anilines is 1. The van der Waals surface area contributed by atoms with Gasteiger partial charge in [-0.1, -0.05) is 72.8 Å². The monoisotopic (exact) mass is 620 g/mol. The lowest BCUT2D eigenvalue weighted by atomic mass is 9.92. The second kappa shape index (κ2) is 14.1. The Bertz CT molecular complexity index is 1740. The van der Waals surface area contributed by atoms with Crippen LogP contribution >= 0.6 is 0 Å². The Morgan fingerprint density at radius 3 is 2.63 bits per heavy atom. The zero-order valence-electron chi connectivity index (χ0n) is 24.7. The van der Waals surface area contributed by atoms with Gasteiger partial charge in [0.25, 0.3) is 17.7 Å². The number of aromatic nitrogens is 5. The van der Waals surface area contributed by atoms with E-state index in [1.807, 2.05) is 42.5 Å². The van der Waals surface area contributed by atoms with Crippen molar-refractivity contribution in [1.82, 2.24) is 35.8 Å². The van der Waals surface area contributed by atoms with Crippen molar-refractivity contribution < 1.29 is 24.2 Å². The average Bonchev–Trinajstić information content (AvgIpc) is 3.82. The molecule has 1 aliphatic carbocycles. The molecule has 4 N–H and O–H groups in total. The summed E-state index contributed by atoms with van der Waals surface area (Å²) >= 11 is 0. The van der Waals surface area contributed by atoms with Gasteiger partial charge in [-0.3, -0.25) is 14.4 Å². The van der Waals surface area contributed by atoms with E-state index in [2.05, 4.69) is 48.4 Å². The number of nitrogens with zero attached hydrogens (tertiary/aromatic N) is 5. The van der Waals surface area contributed by atoms with Gasteiger partial charge < -0.3 is 25.4 Å². The number of hydrogen-bond donors (Lipinski definition) is 4. The van der Waals surface area contributed by atoms with Crippen molar-refractivity contribution in [2.24, 2.45) is 5.92 Å². The fourth-order valence-electron chi connectivity index (χ4n) is 5.50. The molecule has 46 heavy (non-hydrogen) atoms. The predicted octanol–water partition coefficient (Wildman–Crippen LogP) is 2.53. The van der Waals surface area contributed by atoms with Gasteiger partial charge in [0.1, 0.15) is 18.1 Å². The van der Waals surface area contributed by atoms with Crippen molar-refractivity contribution in [3.05, 3.63) is 114 Å². The highest BCUT2D eigenvalue weighted by Gasteiger charge is 2.36. The molecule has 13 heteroatoms. The second-order valence-electron chi connectivity index (χ2n) is 11.0. The third-order valence-corrected chi connectivity index (χ3v) is 7.89. The normalized spacial score (nSPS) is 18.6. The lowest BCUT2D eigenvalue weighted by Crippen LogP contribution is -2.50. The lowest BCUT2D eigenvalue weighted by molar-refractivity contribution is -0.125. The molecule has 2 aliphatic rings. The summed E-state index contributed by atoms with van der Waals surface area (Å²) in [7, 11) is 0.